The van der Waals surface area contributed by atoms with Gasteiger partial charge in [-0.2, -0.15) is 0 Å². The highest BCUT2D eigenvalue weighted by molar-refractivity contribution is 5.85. The summed E-state index contributed by atoms with van der Waals surface area (Å²) in [5, 5.41) is 3.41. The van der Waals surface area contributed by atoms with E-state index in [2.05, 4.69) is 36.2 Å². The minimum absolute atomic E-state index is 0. The maximum Gasteiger partial charge on any atom is 0.223 e. The molecule has 1 unspecified atom stereocenters. The Hall–Kier alpha value is -1.06. The topological polar surface area (TPSA) is 32.3 Å². The zero-order chi connectivity index (χ0) is 15.1. The third-order valence-electron chi connectivity index (χ3n) is 4.50. The zero-order valence-corrected chi connectivity index (χ0v) is 14.6. The number of piperidine rings is 1. The molecule has 0 aromatic heterocycles. The van der Waals surface area contributed by atoms with Crippen molar-refractivity contribution in [2.24, 2.45) is 5.92 Å². The molecule has 1 saturated heterocycles. The Morgan fingerprint density at radius 2 is 1.91 bits per heavy atom. The Morgan fingerprint density at radius 1 is 1.27 bits per heavy atom. The molecule has 0 spiro atoms. The second-order valence-electron chi connectivity index (χ2n) is 6.15. The monoisotopic (exact) mass is 324 g/mol. The van der Waals surface area contributed by atoms with Crippen molar-refractivity contribution in [3.8, 4) is 0 Å². The fourth-order valence-electron chi connectivity index (χ4n) is 3.03. The summed E-state index contributed by atoms with van der Waals surface area (Å²) in [5.74, 6) is 1.35. The van der Waals surface area contributed by atoms with E-state index < -0.39 is 0 Å². The number of carbonyl (C=O) groups is 1. The number of amides is 1. The van der Waals surface area contributed by atoms with Gasteiger partial charge in [0, 0.05) is 19.5 Å². The van der Waals surface area contributed by atoms with Crippen molar-refractivity contribution < 1.29 is 4.79 Å². The average Bonchev–Trinajstić information content (AvgIpc) is 2.54. The fraction of sp³-hybridized carbons (Fsp3) is 0.611. The molecule has 1 heterocycles. The lowest BCUT2D eigenvalue weighted by Gasteiger charge is -2.32. The van der Waals surface area contributed by atoms with Crippen molar-refractivity contribution in [2.75, 3.05) is 26.2 Å². The van der Waals surface area contributed by atoms with Crippen LogP contribution in [0.5, 0.6) is 0 Å². The summed E-state index contributed by atoms with van der Waals surface area (Å²) in [4.78, 5) is 14.5. The van der Waals surface area contributed by atoms with Crippen molar-refractivity contribution in [1.82, 2.24) is 10.2 Å². The van der Waals surface area contributed by atoms with Crippen LogP contribution in [0.3, 0.4) is 0 Å². The quantitative estimate of drug-likeness (QED) is 0.869. The number of rotatable bonds is 6. The minimum atomic E-state index is 0. The smallest absolute Gasteiger partial charge is 0.223 e. The van der Waals surface area contributed by atoms with Crippen LogP contribution in [0, 0.1) is 5.92 Å². The van der Waals surface area contributed by atoms with Crippen molar-refractivity contribution in [2.45, 2.75) is 39.0 Å². The Morgan fingerprint density at radius 3 is 2.50 bits per heavy atom. The Labute approximate surface area is 140 Å². The Balaban J connectivity index is 0.00000242. The van der Waals surface area contributed by atoms with Crippen LogP contribution in [0.4, 0.5) is 0 Å². The van der Waals surface area contributed by atoms with E-state index in [4.69, 9.17) is 0 Å². The summed E-state index contributed by atoms with van der Waals surface area (Å²) in [7, 11) is 0. The highest BCUT2D eigenvalue weighted by Gasteiger charge is 2.23. The molecule has 1 fully saturated rings. The second kappa shape index (κ2) is 9.86. The van der Waals surface area contributed by atoms with Gasteiger partial charge < -0.3 is 10.2 Å². The number of halogens is 1. The fourth-order valence-corrected chi connectivity index (χ4v) is 3.03. The Kier molecular flexibility index (Phi) is 8.51. The molecular formula is C18H29ClN2O. The first-order chi connectivity index (χ1) is 10.2. The van der Waals surface area contributed by atoms with Gasteiger partial charge in [-0.15, -0.1) is 12.4 Å². The molecule has 1 aliphatic heterocycles. The highest BCUT2D eigenvalue weighted by Crippen LogP contribution is 2.22. The third kappa shape index (κ3) is 5.62. The van der Waals surface area contributed by atoms with Crippen molar-refractivity contribution in [3.05, 3.63) is 35.9 Å². The summed E-state index contributed by atoms with van der Waals surface area (Å²) < 4.78 is 0. The van der Waals surface area contributed by atoms with Crippen LogP contribution >= 0.6 is 12.4 Å². The number of benzene rings is 1. The summed E-state index contributed by atoms with van der Waals surface area (Å²) in [6.45, 7) is 8.27. The molecule has 4 heteroatoms. The van der Waals surface area contributed by atoms with E-state index in [1.165, 1.54) is 5.56 Å². The number of likely N-dealkylation sites (tertiary alicyclic amines) is 1. The number of hydrogen-bond acceptors (Lipinski definition) is 2. The number of nitrogens with zero attached hydrogens (tertiary/aromatic N) is 1. The van der Waals surface area contributed by atoms with Crippen LogP contribution in [0.25, 0.3) is 0 Å². The first-order valence-electron chi connectivity index (χ1n) is 8.24. The summed E-state index contributed by atoms with van der Waals surface area (Å²) in [6.07, 6.45) is 2.90. The molecule has 2 rings (SSSR count). The molecule has 0 radical (unpaired) electrons. The highest BCUT2D eigenvalue weighted by atomic mass is 35.5. The molecule has 0 bridgehead atoms. The molecule has 0 aliphatic carbocycles. The van der Waals surface area contributed by atoms with Crippen LogP contribution in [0.2, 0.25) is 0 Å². The normalized spacial score (nSPS) is 16.9. The zero-order valence-electron chi connectivity index (χ0n) is 13.8. The van der Waals surface area contributed by atoms with E-state index >= 15 is 0 Å². The SMILES string of the molecule is CCNCC1CCN(C(=O)CC(C)c2ccccc2)CC1.Cl. The number of hydrogen-bond donors (Lipinski definition) is 1. The van der Waals surface area contributed by atoms with Gasteiger partial charge in [-0.1, -0.05) is 44.2 Å². The molecule has 1 aromatic rings. The molecule has 1 N–H and O–H groups in total. The van der Waals surface area contributed by atoms with E-state index in [0.29, 0.717) is 18.2 Å². The minimum Gasteiger partial charge on any atom is -0.343 e. The van der Waals surface area contributed by atoms with E-state index in [0.717, 1.165) is 44.9 Å². The molecule has 1 amide bonds. The molecule has 3 nitrogen and oxygen atoms in total. The lowest BCUT2D eigenvalue weighted by molar-refractivity contribution is -0.132. The van der Waals surface area contributed by atoms with Crippen LogP contribution in [-0.2, 0) is 4.79 Å². The lowest BCUT2D eigenvalue weighted by atomic mass is 9.94. The van der Waals surface area contributed by atoms with E-state index in [1.807, 2.05) is 18.2 Å². The summed E-state index contributed by atoms with van der Waals surface area (Å²) in [6, 6.07) is 10.3. The molecule has 1 aromatic carbocycles. The van der Waals surface area contributed by atoms with Crippen LogP contribution in [0.1, 0.15) is 44.6 Å². The first-order valence-corrected chi connectivity index (χ1v) is 8.24. The summed E-state index contributed by atoms with van der Waals surface area (Å²) in [5.41, 5.74) is 1.26. The predicted octanol–water partition coefficient (Wildman–Crippen LogP) is 3.45. The standard InChI is InChI=1S/C18H28N2O.ClH/c1-3-19-14-16-9-11-20(12-10-16)18(21)13-15(2)17-7-5-4-6-8-17;/h4-8,15-16,19H,3,9-14H2,1-2H3;1H. The van der Waals surface area contributed by atoms with Gasteiger partial charge in [0.15, 0.2) is 0 Å². The molecule has 0 saturated carbocycles. The largest absolute Gasteiger partial charge is 0.343 e. The van der Waals surface area contributed by atoms with E-state index in [-0.39, 0.29) is 12.4 Å². The van der Waals surface area contributed by atoms with Gasteiger partial charge in [-0.05, 0) is 43.3 Å². The molecule has 124 valence electrons. The summed E-state index contributed by atoms with van der Waals surface area (Å²) >= 11 is 0. The van der Waals surface area contributed by atoms with Crippen molar-refractivity contribution in [1.29, 1.82) is 0 Å². The van der Waals surface area contributed by atoms with Gasteiger partial charge in [0.25, 0.3) is 0 Å². The van der Waals surface area contributed by atoms with Gasteiger partial charge >= 0.3 is 0 Å². The predicted molar refractivity (Wildman–Crippen MR) is 94.6 cm³/mol. The number of carbonyl (C=O) groups excluding carboxylic acids is 1. The first kappa shape index (κ1) is 19.0. The van der Waals surface area contributed by atoms with Crippen molar-refractivity contribution in [3.63, 3.8) is 0 Å². The molecule has 1 atom stereocenters. The molecule has 22 heavy (non-hydrogen) atoms. The Bertz CT molecular complexity index is 430. The maximum absolute atomic E-state index is 12.4. The second-order valence-corrected chi connectivity index (χ2v) is 6.15. The van der Waals surface area contributed by atoms with Gasteiger partial charge in [-0.3, -0.25) is 4.79 Å². The number of nitrogens with one attached hydrogen (secondary N) is 1. The van der Waals surface area contributed by atoms with E-state index in [1.54, 1.807) is 0 Å². The van der Waals surface area contributed by atoms with Gasteiger partial charge in [0.2, 0.25) is 5.91 Å². The third-order valence-corrected chi connectivity index (χ3v) is 4.50. The van der Waals surface area contributed by atoms with Gasteiger partial charge in [-0.25, -0.2) is 0 Å². The average molecular weight is 325 g/mol. The maximum atomic E-state index is 12.4. The van der Waals surface area contributed by atoms with Crippen LogP contribution < -0.4 is 5.32 Å². The van der Waals surface area contributed by atoms with E-state index in [9.17, 15) is 4.79 Å². The van der Waals surface area contributed by atoms with Gasteiger partial charge in [0.05, 0.1) is 0 Å². The molecular weight excluding hydrogens is 296 g/mol. The van der Waals surface area contributed by atoms with Crippen molar-refractivity contribution >= 4 is 18.3 Å². The van der Waals surface area contributed by atoms with Crippen LogP contribution in [-0.4, -0.2) is 37.0 Å². The van der Waals surface area contributed by atoms with Crippen LogP contribution in [0.15, 0.2) is 30.3 Å². The molecule has 1 aliphatic rings. The van der Waals surface area contributed by atoms with Gasteiger partial charge in [0.1, 0.15) is 0 Å². The lowest BCUT2D eigenvalue weighted by Crippen LogP contribution is -2.41.